The predicted octanol–water partition coefficient (Wildman–Crippen LogP) is 3.45. The first-order valence-corrected chi connectivity index (χ1v) is 13.2. The molecule has 0 radical (unpaired) electrons. The molecule has 180 valence electrons. The van der Waals surface area contributed by atoms with Gasteiger partial charge in [-0.15, -0.1) is 0 Å². The fourth-order valence-electron chi connectivity index (χ4n) is 11.2. The third kappa shape index (κ3) is 2.20. The number of aliphatic hydroxyl groups is 1. The molecule has 5 aliphatic carbocycles. The van der Waals surface area contributed by atoms with Crippen LogP contribution in [0.3, 0.4) is 0 Å². The normalized spacial score (nSPS) is 59.5. The Bertz CT molecular complexity index is 847. The molecule has 6 fully saturated rings. The van der Waals surface area contributed by atoms with Gasteiger partial charge in [0.15, 0.2) is 0 Å². The minimum Gasteiger partial charge on any atom is -0.393 e. The van der Waals surface area contributed by atoms with Crippen molar-refractivity contribution in [2.75, 3.05) is 27.4 Å². The Hall–Kier alpha value is -0.490. The van der Waals surface area contributed by atoms with Crippen molar-refractivity contribution in [3.8, 4) is 0 Å². The maximum Gasteiger partial charge on any atom is 0.140 e. The van der Waals surface area contributed by atoms with E-state index in [1.807, 2.05) is 0 Å². The first-order chi connectivity index (χ1) is 15.0. The van der Waals surface area contributed by atoms with Crippen LogP contribution in [0.25, 0.3) is 0 Å². The van der Waals surface area contributed by atoms with Crippen LogP contribution in [-0.4, -0.2) is 61.4 Å². The summed E-state index contributed by atoms with van der Waals surface area (Å²) in [4.78, 5) is 16.5. The average Bonchev–Trinajstić information content (AvgIpc) is 3.36. The lowest BCUT2D eigenvalue weighted by atomic mass is 9.41. The Morgan fingerprint density at radius 2 is 1.84 bits per heavy atom. The van der Waals surface area contributed by atoms with Gasteiger partial charge in [0.2, 0.25) is 0 Å². The first-order valence-electron chi connectivity index (χ1n) is 13.2. The van der Waals surface area contributed by atoms with E-state index in [-0.39, 0.29) is 45.1 Å². The summed E-state index contributed by atoms with van der Waals surface area (Å²) in [7, 11) is 4.23. The molecule has 1 aliphatic heterocycles. The summed E-state index contributed by atoms with van der Waals surface area (Å²) in [6.45, 7) is 11.0. The summed E-state index contributed by atoms with van der Waals surface area (Å²) in [5.74, 6) is 1.70. The summed E-state index contributed by atoms with van der Waals surface area (Å²) in [5.41, 5.74) is 0.0932. The van der Waals surface area contributed by atoms with E-state index in [1.165, 1.54) is 19.3 Å². The Morgan fingerprint density at radius 3 is 2.56 bits per heavy atom. The summed E-state index contributed by atoms with van der Waals surface area (Å²) in [6, 6.07) is 0.794. The van der Waals surface area contributed by atoms with Crippen LogP contribution in [-0.2, 0) is 9.53 Å². The summed E-state index contributed by atoms with van der Waals surface area (Å²) < 4.78 is 5.96. The van der Waals surface area contributed by atoms with E-state index < -0.39 is 0 Å². The van der Waals surface area contributed by atoms with Crippen LogP contribution in [0.4, 0.5) is 0 Å². The Balaban J connectivity index is 1.41. The van der Waals surface area contributed by atoms with Crippen LogP contribution in [0.15, 0.2) is 0 Å². The zero-order valence-corrected chi connectivity index (χ0v) is 21.0. The molecule has 5 nitrogen and oxygen atoms in total. The average molecular weight is 445 g/mol. The molecule has 0 aromatic heterocycles. The fraction of sp³-hybridized carbons (Fsp3) is 0.963. The standard InChI is InChI=1S/C27H44N2O3/c1-16(29(5)6)22-17(30)11-24(3)19-8-7-18-23(2)14-32-15-28-20(23)9-10-26(18)13-27(19,26)21(31)12-25(22,24)4/h16-20,22,28,30H,7-15H2,1-6H3/t16-,17+,18-,19-,20-,22-,23-,24-,25+,26+,27-/m0/s1. The second kappa shape index (κ2) is 6.38. The number of carbonyl (C=O) groups is 1. The number of Topliss-reactive ketones (excluding diaryl/α,β-unsaturated/α-hetero) is 1. The van der Waals surface area contributed by atoms with Crippen molar-refractivity contribution >= 4 is 5.78 Å². The van der Waals surface area contributed by atoms with Crippen molar-refractivity contribution in [3.05, 3.63) is 0 Å². The van der Waals surface area contributed by atoms with Gasteiger partial charge >= 0.3 is 0 Å². The third-order valence-corrected chi connectivity index (χ3v) is 12.9. The van der Waals surface area contributed by atoms with Crippen LogP contribution >= 0.6 is 0 Å². The van der Waals surface area contributed by atoms with Gasteiger partial charge in [-0.3, -0.25) is 10.1 Å². The van der Waals surface area contributed by atoms with E-state index in [4.69, 9.17) is 4.74 Å². The van der Waals surface area contributed by atoms with Crippen LogP contribution in [0.5, 0.6) is 0 Å². The van der Waals surface area contributed by atoms with Crippen molar-refractivity contribution in [1.29, 1.82) is 0 Å². The van der Waals surface area contributed by atoms with Gasteiger partial charge in [0.25, 0.3) is 0 Å². The van der Waals surface area contributed by atoms with Gasteiger partial charge in [-0.2, -0.15) is 0 Å². The zero-order valence-electron chi connectivity index (χ0n) is 21.0. The van der Waals surface area contributed by atoms with Gasteiger partial charge in [-0.1, -0.05) is 20.8 Å². The number of carbonyl (C=O) groups excluding carboxylic acids is 1. The number of nitrogens with one attached hydrogen (secondary N) is 1. The van der Waals surface area contributed by atoms with Crippen molar-refractivity contribution in [1.82, 2.24) is 10.2 Å². The highest BCUT2D eigenvalue weighted by molar-refractivity contribution is 5.92. The number of hydrogen-bond acceptors (Lipinski definition) is 5. The number of ether oxygens (including phenoxy) is 1. The van der Waals surface area contributed by atoms with E-state index in [1.54, 1.807) is 0 Å². The smallest absolute Gasteiger partial charge is 0.140 e. The highest BCUT2D eigenvalue weighted by atomic mass is 16.5. The van der Waals surface area contributed by atoms with E-state index in [2.05, 4.69) is 52.0 Å². The van der Waals surface area contributed by atoms with Crippen molar-refractivity contribution < 1.29 is 14.6 Å². The fourth-order valence-corrected chi connectivity index (χ4v) is 11.2. The number of hydrogen-bond donors (Lipinski definition) is 2. The zero-order chi connectivity index (χ0) is 22.9. The number of rotatable bonds is 2. The van der Waals surface area contributed by atoms with Crippen LogP contribution in [0, 0.1) is 44.8 Å². The van der Waals surface area contributed by atoms with E-state index in [9.17, 15) is 9.90 Å². The molecule has 6 aliphatic rings. The molecule has 0 bridgehead atoms. The molecular weight excluding hydrogens is 400 g/mol. The van der Waals surface area contributed by atoms with Gasteiger partial charge in [-0.25, -0.2) is 0 Å². The van der Waals surface area contributed by atoms with Crippen molar-refractivity contribution in [2.24, 2.45) is 44.8 Å². The molecule has 11 atom stereocenters. The van der Waals surface area contributed by atoms with Crippen LogP contribution in [0.1, 0.15) is 72.6 Å². The molecule has 0 aromatic carbocycles. The van der Waals surface area contributed by atoms with Gasteiger partial charge in [-0.05, 0) is 87.6 Å². The van der Waals surface area contributed by atoms with Crippen molar-refractivity contribution in [2.45, 2.75) is 90.8 Å². The molecule has 5 saturated carbocycles. The molecule has 0 amide bonds. The molecule has 6 rings (SSSR count). The van der Waals surface area contributed by atoms with Gasteiger partial charge in [0.05, 0.1) is 19.4 Å². The Kier molecular flexibility index (Phi) is 4.39. The summed E-state index contributed by atoms with van der Waals surface area (Å²) in [5, 5.41) is 15.1. The third-order valence-electron chi connectivity index (χ3n) is 12.9. The summed E-state index contributed by atoms with van der Waals surface area (Å²) >= 11 is 0. The molecule has 0 aromatic rings. The molecule has 2 N–H and O–H groups in total. The second-order valence-corrected chi connectivity index (χ2v) is 13.7. The molecule has 1 saturated heterocycles. The Labute approximate surface area is 194 Å². The maximum absolute atomic E-state index is 14.3. The van der Waals surface area contributed by atoms with E-state index >= 15 is 0 Å². The monoisotopic (exact) mass is 444 g/mol. The Morgan fingerprint density at radius 1 is 1.12 bits per heavy atom. The molecule has 1 heterocycles. The lowest BCUT2D eigenvalue weighted by molar-refractivity contribution is -0.181. The molecule has 32 heavy (non-hydrogen) atoms. The molecule has 5 heteroatoms. The maximum atomic E-state index is 14.3. The minimum atomic E-state index is -0.318. The van der Waals surface area contributed by atoms with Crippen molar-refractivity contribution in [3.63, 3.8) is 0 Å². The highest BCUT2D eigenvalue weighted by Gasteiger charge is 2.86. The molecular formula is C27H44N2O3. The van der Waals surface area contributed by atoms with Crippen LogP contribution in [0.2, 0.25) is 0 Å². The second-order valence-electron chi connectivity index (χ2n) is 13.7. The van der Waals surface area contributed by atoms with Crippen LogP contribution < -0.4 is 5.32 Å². The van der Waals surface area contributed by atoms with Gasteiger partial charge in [0.1, 0.15) is 5.78 Å². The van der Waals surface area contributed by atoms with Gasteiger partial charge < -0.3 is 14.7 Å². The quantitative estimate of drug-likeness (QED) is 0.683. The van der Waals surface area contributed by atoms with E-state index in [0.717, 1.165) is 25.9 Å². The number of nitrogens with zero attached hydrogens (tertiary/aromatic N) is 1. The lowest BCUT2D eigenvalue weighted by Crippen LogP contribution is -2.65. The highest BCUT2D eigenvalue weighted by Crippen LogP contribution is 2.88. The number of ketones is 1. The topological polar surface area (TPSA) is 61.8 Å². The number of aliphatic hydroxyl groups excluding tert-OH is 1. The largest absolute Gasteiger partial charge is 0.393 e. The minimum absolute atomic E-state index is 0.0306. The number of fused-ring (bicyclic) bond motifs is 4. The first kappa shape index (κ1) is 22.0. The summed E-state index contributed by atoms with van der Waals surface area (Å²) in [6.07, 6.45) is 7.03. The molecule has 0 unspecified atom stereocenters. The predicted molar refractivity (Wildman–Crippen MR) is 124 cm³/mol. The SMILES string of the molecule is C[C@@H]([C@H]1[C@H](O)C[C@@]2(C)[C@@H]3CC[C@H]4[C@]5(C)COCN[C@H]5CC[C@@]45C[C@@]35C(=O)C[C@]12C)N(C)C. The lowest BCUT2D eigenvalue weighted by Gasteiger charge is -2.63. The van der Waals surface area contributed by atoms with Gasteiger partial charge in [0, 0.05) is 35.3 Å². The molecule has 2 spiro atoms. The van der Waals surface area contributed by atoms with E-state index in [0.29, 0.717) is 36.8 Å².